The number of aromatic hydroxyl groups is 2. The van der Waals surface area contributed by atoms with Crippen LogP contribution in [0.25, 0.3) is 0 Å². The summed E-state index contributed by atoms with van der Waals surface area (Å²) in [5, 5.41) is 36.8. The number of nitrogens with one attached hydrogen (secondary N) is 3. The normalized spacial score (nSPS) is 11.7. The summed E-state index contributed by atoms with van der Waals surface area (Å²) in [7, 11) is 0. The molecule has 0 radical (unpaired) electrons. The fourth-order valence-corrected chi connectivity index (χ4v) is 10.9. The van der Waals surface area contributed by atoms with Gasteiger partial charge >= 0.3 is 5.97 Å². The first-order chi connectivity index (χ1) is 69.2. The van der Waals surface area contributed by atoms with Gasteiger partial charge in [0.15, 0.2) is 5.88 Å². The molecule has 0 aliphatic heterocycles. The van der Waals surface area contributed by atoms with Crippen molar-refractivity contribution in [1.82, 2.24) is 20.5 Å². The molecule has 0 aromatic carbocycles. The minimum atomic E-state index is -0.884. The van der Waals surface area contributed by atoms with Crippen LogP contribution in [0.2, 0.25) is 0 Å². The second-order valence-corrected chi connectivity index (χ2v) is 29.5. The molecule has 1 aromatic rings. The molecule has 6 N–H and O–H groups in total. The summed E-state index contributed by atoms with van der Waals surface area (Å²) >= 11 is 1.31. The first-order valence-corrected chi connectivity index (χ1v) is 50.0. The molecule has 0 aliphatic rings. The maximum absolute atomic E-state index is 12.1. The van der Waals surface area contributed by atoms with Crippen LogP contribution in [-0.4, -0.2) is 558 Å². The van der Waals surface area contributed by atoms with Crippen LogP contribution in [0, 0.1) is 0 Å². The minimum absolute atomic E-state index is 0.0151. The van der Waals surface area contributed by atoms with Gasteiger partial charge in [0.1, 0.15) is 0 Å². The summed E-state index contributed by atoms with van der Waals surface area (Å²) < 4.78 is 205. The van der Waals surface area contributed by atoms with Crippen LogP contribution in [-0.2, 0) is 201 Å². The number of thioether (sulfide) groups is 1. The highest BCUT2D eigenvalue weighted by Gasteiger charge is 2.15. The highest BCUT2D eigenvalue weighted by atomic mass is 32.2. The maximum atomic E-state index is 12.1. The first-order valence-electron chi connectivity index (χ1n) is 48.8. The number of hydrogen-bond donors (Lipinski definition) is 6. The fraction of sp³-hybridized carbons (Fsp3) is 0.912. The van der Waals surface area contributed by atoms with Crippen LogP contribution in [0.4, 0.5) is 0 Å². The van der Waals surface area contributed by atoms with E-state index in [9.17, 15) is 29.4 Å². The third-order valence-electron chi connectivity index (χ3n) is 17.6. The monoisotopic (exact) mass is 2060 g/mol. The number of amides is 3. The molecule has 0 saturated carbocycles. The van der Waals surface area contributed by atoms with Crippen molar-refractivity contribution in [3.63, 3.8) is 0 Å². The lowest BCUT2D eigenvalue weighted by Crippen LogP contribution is -2.30. The molecular weight excluding hydrogens is 1890 g/mol. The molecule has 49 heteroatoms. The number of ether oxygens (including phenoxy) is 37. The Balaban J connectivity index is 1.62. The van der Waals surface area contributed by atoms with Gasteiger partial charge in [-0.25, -0.2) is 0 Å². The summed E-state index contributed by atoms with van der Waals surface area (Å²) in [5.41, 5.74) is 0. The fourth-order valence-electron chi connectivity index (χ4n) is 10.4. The Labute approximate surface area is 832 Å². The van der Waals surface area contributed by atoms with Crippen LogP contribution >= 0.6 is 11.8 Å². The Morgan fingerprint density at radius 3 is 0.479 bits per heavy atom. The largest absolute Gasteiger partial charge is 0.494 e. The number of aliphatic carboxylic acids is 1. The van der Waals surface area contributed by atoms with Crippen molar-refractivity contribution in [2.24, 2.45) is 0 Å². The van der Waals surface area contributed by atoms with E-state index in [1.807, 2.05) is 0 Å². The molecule has 1 heterocycles. The Morgan fingerprint density at radius 2 is 0.336 bits per heavy atom. The van der Waals surface area contributed by atoms with E-state index in [0.717, 1.165) is 0 Å². The Hall–Kier alpha value is -4.37. The molecule has 0 fully saturated rings. The number of rotatable bonds is 124. The predicted octanol–water partition coefficient (Wildman–Crippen LogP) is 0.229. The van der Waals surface area contributed by atoms with Crippen molar-refractivity contribution in [2.45, 2.75) is 37.1 Å². The van der Waals surface area contributed by atoms with Crippen molar-refractivity contribution in [1.29, 1.82) is 0 Å². The standard InChI is InChI=1S/C91H174N4O44S/c1-140-85-84-89(99)95(91(85)102)9-2-86(96)92-7-14-106-18-22-110-26-30-114-34-38-118-42-46-122-50-54-126-58-56-124-52-48-120-44-40-116-36-32-112-28-24-108-20-16-104-11-4-88(98)93-6-13-103-10-3-87(97)94-8-15-107-19-23-111-27-31-115-35-39-119-43-47-123-51-55-127-59-61-129-63-65-131-67-69-133-71-73-135-75-77-137-79-81-139-83-82-138-80-78-136-76-74-134-72-70-132-68-66-130-64-62-128-60-57-125-53-49-121-45-41-117-37-33-113-29-25-109-21-17-105-12-5-90(100)101/h84,99,102H,2-83H2,1H3,(H,92,96)(H,93,98)(H,94,97)(H,100,101). The van der Waals surface area contributed by atoms with Gasteiger partial charge in [-0.15, -0.1) is 11.8 Å². The van der Waals surface area contributed by atoms with E-state index in [0.29, 0.717) is 487 Å². The second kappa shape index (κ2) is 117. The number of carbonyl (C=O) groups is 4. The van der Waals surface area contributed by atoms with E-state index in [2.05, 4.69) is 16.0 Å². The lowest BCUT2D eigenvalue weighted by molar-refractivity contribution is -0.138. The zero-order chi connectivity index (χ0) is 100. The number of carboxylic acids is 1. The van der Waals surface area contributed by atoms with Crippen molar-refractivity contribution in [3.8, 4) is 11.8 Å². The van der Waals surface area contributed by atoms with E-state index in [-0.39, 0.29) is 88.1 Å². The Kier molecular flexibility index (Phi) is 111. The van der Waals surface area contributed by atoms with E-state index >= 15 is 0 Å². The van der Waals surface area contributed by atoms with Crippen LogP contribution in [0.15, 0.2) is 11.0 Å². The van der Waals surface area contributed by atoms with Gasteiger partial charge in [0.25, 0.3) is 0 Å². The van der Waals surface area contributed by atoms with Crippen LogP contribution in [0.5, 0.6) is 11.8 Å². The Bertz CT molecular complexity index is 2680. The van der Waals surface area contributed by atoms with Gasteiger partial charge in [-0.05, 0) is 6.26 Å². The molecule has 0 atom stereocenters. The zero-order valence-electron chi connectivity index (χ0n) is 83.5. The minimum Gasteiger partial charge on any atom is -0.494 e. The van der Waals surface area contributed by atoms with E-state index in [1.54, 1.807) is 6.26 Å². The van der Waals surface area contributed by atoms with Gasteiger partial charge in [0, 0.05) is 51.5 Å². The van der Waals surface area contributed by atoms with Crippen molar-refractivity contribution in [3.05, 3.63) is 6.07 Å². The molecule has 1 rings (SSSR count). The molecule has 828 valence electrons. The van der Waals surface area contributed by atoms with Crippen LogP contribution < -0.4 is 16.0 Å². The van der Waals surface area contributed by atoms with Crippen LogP contribution in [0.3, 0.4) is 0 Å². The number of carbonyl (C=O) groups excluding carboxylic acids is 3. The number of nitrogens with zero attached hydrogens (tertiary/aromatic N) is 1. The zero-order valence-corrected chi connectivity index (χ0v) is 84.3. The van der Waals surface area contributed by atoms with Crippen molar-refractivity contribution in [2.75, 3.05) is 515 Å². The average Bonchev–Trinajstić information content (AvgIpc) is 1.69. The van der Waals surface area contributed by atoms with Gasteiger partial charge in [0.05, 0.1) is 500 Å². The molecule has 1 aromatic heterocycles. The molecule has 0 spiro atoms. The highest BCUT2D eigenvalue weighted by molar-refractivity contribution is 7.98. The summed E-state index contributed by atoms with van der Waals surface area (Å²) in [6.45, 7) is 33.1. The van der Waals surface area contributed by atoms with Gasteiger partial charge in [-0.1, -0.05) is 0 Å². The van der Waals surface area contributed by atoms with Gasteiger partial charge in [0.2, 0.25) is 23.6 Å². The molecular formula is C91H174N4O44S. The third kappa shape index (κ3) is 108. The predicted molar refractivity (Wildman–Crippen MR) is 505 cm³/mol. The lowest BCUT2D eigenvalue weighted by atomic mass is 10.4. The lowest BCUT2D eigenvalue weighted by Gasteiger charge is -2.09. The molecule has 0 saturated heterocycles. The molecule has 0 unspecified atom stereocenters. The summed E-state index contributed by atoms with van der Waals surface area (Å²) in [6.07, 6.45) is 2.28. The number of carboxylic acid groups (broad SMARTS) is 1. The quantitative estimate of drug-likeness (QED) is 0.0375. The number of hydrogen-bond acceptors (Lipinski definition) is 44. The van der Waals surface area contributed by atoms with E-state index in [1.165, 1.54) is 22.4 Å². The summed E-state index contributed by atoms with van der Waals surface area (Å²) in [4.78, 5) is 47.2. The summed E-state index contributed by atoms with van der Waals surface area (Å²) in [5.74, 6) is -1.54. The molecule has 3 amide bonds. The molecule has 0 bridgehead atoms. The van der Waals surface area contributed by atoms with E-state index < -0.39 is 5.97 Å². The molecule has 140 heavy (non-hydrogen) atoms. The SMILES string of the molecule is CSc1cc(O)n(CCC(=O)NCCOCCOCCOCCOCCOCCOCCOCCOCCOCCOCCOCCOCCC(=O)NCCOCCC(=O)NCCOCCOCCOCCOCCOCCOCCOCCOCCOCCOCCOCCOCCOCCOCCOCCOCCOCCOCCOCCOCCOCCOCCOCCOCCC(=O)O)c1O. The Morgan fingerprint density at radius 1 is 0.207 bits per heavy atom. The van der Waals surface area contributed by atoms with Gasteiger partial charge in [-0.2, -0.15) is 0 Å². The van der Waals surface area contributed by atoms with Gasteiger partial charge in [-0.3, -0.25) is 23.7 Å². The second-order valence-electron chi connectivity index (χ2n) is 28.6. The van der Waals surface area contributed by atoms with Crippen molar-refractivity contribution >= 4 is 35.5 Å². The molecule has 48 nitrogen and oxygen atoms in total. The van der Waals surface area contributed by atoms with Gasteiger partial charge < -0.3 is 207 Å². The number of aromatic nitrogens is 1. The third-order valence-corrected chi connectivity index (χ3v) is 18.3. The molecule has 0 aliphatic carbocycles. The van der Waals surface area contributed by atoms with Crippen LogP contribution in [0.1, 0.15) is 25.7 Å². The topological polar surface area (TPSA) is 512 Å². The van der Waals surface area contributed by atoms with Crippen molar-refractivity contribution < 1.29 is 210 Å². The first kappa shape index (κ1) is 134. The smallest absolute Gasteiger partial charge is 0.305 e. The average molecular weight is 2060 g/mol. The maximum Gasteiger partial charge on any atom is 0.305 e. The van der Waals surface area contributed by atoms with E-state index in [4.69, 9.17) is 180 Å². The highest BCUT2D eigenvalue weighted by Crippen LogP contribution is 2.34. The summed E-state index contributed by atoms with van der Waals surface area (Å²) in [6, 6.07) is 1.46.